The molecular formula is C21H32N2O3S. The molecule has 2 aliphatic rings. The van der Waals surface area contributed by atoms with Crippen LogP contribution in [0.4, 0.5) is 0 Å². The zero-order valence-electron chi connectivity index (χ0n) is 16.2. The van der Waals surface area contributed by atoms with Crippen LogP contribution < -0.4 is 5.32 Å². The maximum absolute atomic E-state index is 12.7. The van der Waals surface area contributed by atoms with Crippen LogP contribution in [0.1, 0.15) is 63.4 Å². The largest absolute Gasteiger partial charge is 0.356 e. The summed E-state index contributed by atoms with van der Waals surface area (Å²) in [6.45, 7) is 2.03. The number of rotatable bonds is 7. The molecule has 0 atom stereocenters. The molecule has 0 unspecified atom stereocenters. The van der Waals surface area contributed by atoms with Gasteiger partial charge < -0.3 is 5.32 Å². The van der Waals surface area contributed by atoms with E-state index in [1.54, 1.807) is 16.4 Å². The van der Waals surface area contributed by atoms with E-state index < -0.39 is 10.0 Å². The predicted octanol–water partition coefficient (Wildman–Crippen LogP) is 3.49. The highest BCUT2D eigenvalue weighted by molar-refractivity contribution is 7.89. The second-order valence-electron chi connectivity index (χ2n) is 7.92. The van der Waals surface area contributed by atoms with E-state index in [9.17, 15) is 13.2 Å². The van der Waals surface area contributed by atoms with Gasteiger partial charge in [0.25, 0.3) is 0 Å². The van der Waals surface area contributed by atoms with Crippen LogP contribution in [0.3, 0.4) is 0 Å². The Hall–Kier alpha value is -1.40. The fraction of sp³-hybridized carbons (Fsp3) is 0.667. The number of carbonyl (C=O) groups is 1. The average molecular weight is 393 g/mol. The van der Waals surface area contributed by atoms with Gasteiger partial charge in [0, 0.05) is 26.1 Å². The molecule has 3 rings (SSSR count). The molecule has 6 heteroatoms. The van der Waals surface area contributed by atoms with Crippen LogP contribution in [0.2, 0.25) is 0 Å². The zero-order chi connectivity index (χ0) is 19.1. The minimum Gasteiger partial charge on any atom is -0.356 e. The number of sulfonamides is 1. The molecule has 0 bridgehead atoms. The Kier molecular flexibility index (Phi) is 7.30. The molecule has 5 nitrogen and oxygen atoms in total. The molecule has 1 aliphatic heterocycles. The summed E-state index contributed by atoms with van der Waals surface area (Å²) in [5.41, 5.74) is 1.00. The summed E-state index contributed by atoms with van der Waals surface area (Å²) in [4.78, 5) is 12.4. The maximum atomic E-state index is 12.7. The van der Waals surface area contributed by atoms with Crippen LogP contribution in [0.5, 0.6) is 0 Å². The van der Waals surface area contributed by atoms with Crippen molar-refractivity contribution in [1.29, 1.82) is 0 Å². The van der Waals surface area contributed by atoms with Gasteiger partial charge >= 0.3 is 0 Å². The first-order valence-electron chi connectivity index (χ1n) is 10.4. The van der Waals surface area contributed by atoms with Gasteiger partial charge in [-0.05, 0) is 55.7 Å². The Morgan fingerprint density at radius 1 is 0.963 bits per heavy atom. The Bertz CT molecular complexity index is 703. The van der Waals surface area contributed by atoms with Crippen molar-refractivity contribution in [2.24, 2.45) is 5.92 Å². The molecule has 1 N–H and O–H groups in total. The molecule has 1 aromatic carbocycles. The molecule has 27 heavy (non-hydrogen) atoms. The van der Waals surface area contributed by atoms with Crippen LogP contribution in [0, 0.1) is 5.92 Å². The third-order valence-corrected chi connectivity index (χ3v) is 7.74. The fourth-order valence-corrected chi connectivity index (χ4v) is 5.60. The summed E-state index contributed by atoms with van der Waals surface area (Å²) < 4.78 is 26.9. The quantitative estimate of drug-likeness (QED) is 0.772. The molecule has 0 spiro atoms. The molecule has 0 radical (unpaired) electrons. The molecule has 1 saturated heterocycles. The Balaban J connectivity index is 1.46. The minimum absolute atomic E-state index is 0.0885. The lowest BCUT2D eigenvalue weighted by Crippen LogP contribution is -2.35. The number of hydrogen-bond acceptors (Lipinski definition) is 3. The summed E-state index contributed by atoms with van der Waals surface area (Å²) in [5.74, 6) is 0.729. The van der Waals surface area contributed by atoms with E-state index in [0.717, 1.165) is 31.4 Å². The highest BCUT2D eigenvalue weighted by atomic mass is 32.2. The SMILES string of the molecule is O=C(CCc1ccc(S(=O)(=O)N2CCCCC2)cc1)NCC1CCCCC1. The molecular weight excluding hydrogens is 360 g/mol. The third-order valence-electron chi connectivity index (χ3n) is 5.83. The monoisotopic (exact) mass is 392 g/mol. The second-order valence-corrected chi connectivity index (χ2v) is 9.85. The van der Waals surface area contributed by atoms with Gasteiger partial charge in [-0.3, -0.25) is 4.79 Å². The van der Waals surface area contributed by atoms with E-state index in [1.165, 1.54) is 32.1 Å². The van der Waals surface area contributed by atoms with E-state index in [4.69, 9.17) is 0 Å². The fourth-order valence-electron chi connectivity index (χ4n) is 4.08. The van der Waals surface area contributed by atoms with Crippen molar-refractivity contribution in [3.05, 3.63) is 29.8 Å². The van der Waals surface area contributed by atoms with Crippen LogP contribution in [0.25, 0.3) is 0 Å². The smallest absolute Gasteiger partial charge is 0.243 e. The lowest BCUT2D eigenvalue weighted by Gasteiger charge is -2.25. The van der Waals surface area contributed by atoms with Crippen LogP contribution in [0.15, 0.2) is 29.2 Å². The Morgan fingerprint density at radius 2 is 1.59 bits per heavy atom. The van der Waals surface area contributed by atoms with Gasteiger partial charge in [-0.25, -0.2) is 8.42 Å². The van der Waals surface area contributed by atoms with Crippen LogP contribution >= 0.6 is 0 Å². The van der Waals surface area contributed by atoms with Crippen molar-refractivity contribution in [3.8, 4) is 0 Å². The number of carbonyl (C=O) groups excluding carboxylic acids is 1. The van der Waals surface area contributed by atoms with Crippen molar-refractivity contribution in [2.75, 3.05) is 19.6 Å². The normalized spacial score (nSPS) is 19.7. The summed E-state index contributed by atoms with van der Waals surface area (Å²) in [6, 6.07) is 7.04. The number of benzene rings is 1. The highest BCUT2D eigenvalue weighted by Gasteiger charge is 2.25. The van der Waals surface area contributed by atoms with Crippen LogP contribution in [-0.4, -0.2) is 38.3 Å². The Labute approximate surface area is 163 Å². The summed E-state index contributed by atoms with van der Waals surface area (Å²) in [7, 11) is -3.38. The van der Waals surface area contributed by atoms with Crippen molar-refractivity contribution >= 4 is 15.9 Å². The molecule has 1 aliphatic carbocycles. The molecule has 1 saturated carbocycles. The molecule has 2 fully saturated rings. The van der Waals surface area contributed by atoms with Gasteiger partial charge in [-0.2, -0.15) is 4.31 Å². The lowest BCUT2D eigenvalue weighted by molar-refractivity contribution is -0.121. The number of nitrogens with zero attached hydrogens (tertiary/aromatic N) is 1. The van der Waals surface area contributed by atoms with Gasteiger partial charge in [0.2, 0.25) is 15.9 Å². The van der Waals surface area contributed by atoms with Crippen LogP contribution in [-0.2, 0) is 21.2 Å². The van der Waals surface area contributed by atoms with E-state index in [0.29, 0.717) is 36.7 Å². The summed E-state index contributed by atoms with van der Waals surface area (Å²) in [6.07, 6.45) is 10.4. The Morgan fingerprint density at radius 3 is 2.26 bits per heavy atom. The van der Waals surface area contributed by atoms with Gasteiger partial charge in [-0.15, -0.1) is 0 Å². The maximum Gasteiger partial charge on any atom is 0.243 e. The van der Waals surface area contributed by atoms with Crippen molar-refractivity contribution in [3.63, 3.8) is 0 Å². The third kappa shape index (κ3) is 5.79. The molecule has 150 valence electrons. The molecule has 0 aromatic heterocycles. The van der Waals surface area contributed by atoms with Gasteiger partial charge in [0.05, 0.1) is 4.90 Å². The predicted molar refractivity (Wildman–Crippen MR) is 107 cm³/mol. The molecule has 1 amide bonds. The van der Waals surface area contributed by atoms with Crippen molar-refractivity contribution < 1.29 is 13.2 Å². The number of aryl methyl sites for hydroxylation is 1. The minimum atomic E-state index is -3.38. The standard InChI is InChI=1S/C21H32N2O3S/c24-21(22-17-19-7-3-1-4-8-19)14-11-18-9-12-20(13-10-18)27(25,26)23-15-5-2-6-16-23/h9-10,12-13,19H,1-8,11,14-17H2,(H,22,24). The van der Waals surface area contributed by atoms with E-state index in [2.05, 4.69) is 5.32 Å². The highest BCUT2D eigenvalue weighted by Crippen LogP contribution is 2.23. The second kappa shape index (κ2) is 9.69. The zero-order valence-corrected chi connectivity index (χ0v) is 17.0. The molecule has 1 aromatic rings. The number of amides is 1. The van der Waals surface area contributed by atoms with Crippen molar-refractivity contribution in [1.82, 2.24) is 9.62 Å². The number of hydrogen-bond donors (Lipinski definition) is 1. The first kappa shape index (κ1) is 20.3. The first-order chi connectivity index (χ1) is 13.1. The summed E-state index contributed by atoms with van der Waals surface area (Å²) in [5, 5.41) is 3.06. The van der Waals surface area contributed by atoms with Gasteiger partial charge in [0.1, 0.15) is 0 Å². The molecule has 1 heterocycles. The first-order valence-corrected chi connectivity index (χ1v) is 11.9. The van der Waals surface area contributed by atoms with Gasteiger partial charge in [0.15, 0.2) is 0 Å². The van der Waals surface area contributed by atoms with E-state index in [-0.39, 0.29) is 5.91 Å². The lowest BCUT2D eigenvalue weighted by atomic mass is 9.89. The summed E-state index contributed by atoms with van der Waals surface area (Å²) >= 11 is 0. The topological polar surface area (TPSA) is 66.5 Å². The van der Waals surface area contributed by atoms with Crippen molar-refractivity contribution in [2.45, 2.75) is 69.1 Å². The number of nitrogens with one attached hydrogen (secondary N) is 1. The van der Waals surface area contributed by atoms with E-state index in [1.807, 2.05) is 12.1 Å². The van der Waals surface area contributed by atoms with Gasteiger partial charge in [-0.1, -0.05) is 37.8 Å². The number of piperidine rings is 1. The van der Waals surface area contributed by atoms with E-state index >= 15 is 0 Å². The average Bonchev–Trinajstić information content (AvgIpc) is 2.72.